The predicted octanol–water partition coefficient (Wildman–Crippen LogP) is 2.73. The smallest absolute Gasteiger partial charge is 0.204 e. The Morgan fingerprint density at radius 2 is 1.90 bits per heavy atom. The topological polar surface area (TPSA) is 69.6 Å². The van der Waals surface area contributed by atoms with Crippen LogP contribution in [0.1, 0.15) is 5.56 Å². The van der Waals surface area contributed by atoms with Gasteiger partial charge in [0.05, 0.1) is 6.54 Å². The van der Waals surface area contributed by atoms with Crippen molar-refractivity contribution in [3.63, 3.8) is 0 Å². The lowest BCUT2D eigenvalue weighted by Gasteiger charge is -2.02. The molecule has 3 rings (SSSR count). The van der Waals surface area contributed by atoms with Crippen molar-refractivity contribution < 1.29 is 0 Å². The first-order valence-corrected chi connectivity index (χ1v) is 6.88. The summed E-state index contributed by atoms with van der Waals surface area (Å²) in [7, 11) is 0. The lowest BCUT2D eigenvalue weighted by Crippen LogP contribution is -2.04. The van der Waals surface area contributed by atoms with Gasteiger partial charge >= 0.3 is 0 Å². The van der Waals surface area contributed by atoms with Crippen LogP contribution in [0.4, 0.5) is 5.69 Å². The molecule has 3 aromatic rings. The summed E-state index contributed by atoms with van der Waals surface area (Å²) >= 11 is 3.42. The number of rotatable bonds is 3. The molecule has 1 aromatic heterocycles. The quantitative estimate of drug-likeness (QED) is 0.750. The summed E-state index contributed by atoms with van der Waals surface area (Å²) in [6.45, 7) is 0.531. The second-order valence-electron chi connectivity index (χ2n) is 4.40. The summed E-state index contributed by atoms with van der Waals surface area (Å²) in [5, 5.41) is 12.5. The number of tetrazole rings is 1. The maximum Gasteiger partial charge on any atom is 0.204 e. The molecule has 100 valence electrons. The zero-order chi connectivity index (χ0) is 13.9. The van der Waals surface area contributed by atoms with Gasteiger partial charge in [0.2, 0.25) is 5.82 Å². The van der Waals surface area contributed by atoms with Crippen molar-refractivity contribution in [1.29, 1.82) is 0 Å². The number of halogens is 1. The van der Waals surface area contributed by atoms with Crippen molar-refractivity contribution in [2.24, 2.45) is 0 Å². The second-order valence-corrected chi connectivity index (χ2v) is 5.32. The summed E-state index contributed by atoms with van der Waals surface area (Å²) in [6.07, 6.45) is 0. The zero-order valence-corrected chi connectivity index (χ0v) is 12.2. The molecule has 2 aromatic carbocycles. The van der Waals surface area contributed by atoms with Gasteiger partial charge in [0, 0.05) is 15.7 Å². The van der Waals surface area contributed by atoms with E-state index in [1.165, 1.54) is 0 Å². The Morgan fingerprint density at radius 1 is 1.10 bits per heavy atom. The van der Waals surface area contributed by atoms with Gasteiger partial charge in [0.1, 0.15) is 0 Å². The highest BCUT2D eigenvalue weighted by Crippen LogP contribution is 2.18. The highest BCUT2D eigenvalue weighted by molar-refractivity contribution is 9.10. The molecule has 0 bridgehead atoms. The summed E-state index contributed by atoms with van der Waals surface area (Å²) in [5.41, 5.74) is 8.49. The van der Waals surface area contributed by atoms with Crippen molar-refractivity contribution >= 4 is 21.6 Å². The second kappa shape index (κ2) is 5.42. The Hall–Kier alpha value is -2.21. The third kappa shape index (κ3) is 2.85. The lowest BCUT2D eigenvalue weighted by atomic mass is 10.2. The molecule has 0 unspecified atom stereocenters. The van der Waals surface area contributed by atoms with Crippen LogP contribution in [0.15, 0.2) is 53.0 Å². The average molecular weight is 330 g/mol. The van der Waals surface area contributed by atoms with Crippen LogP contribution in [0.2, 0.25) is 0 Å². The van der Waals surface area contributed by atoms with Gasteiger partial charge in [0.15, 0.2) is 0 Å². The van der Waals surface area contributed by atoms with E-state index in [1.807, 2.05) is 48.5 Å². The Kier molecular flexibility index (Phi) is 3.47. The van der Waals surface area contributed by atoms with Crippen LogP contribution in [0.5, 0.6) is 0 Å². The van der Waals surface area contributed by atoms with Gasteiger partial charge in [-0.25, -0.2) is 0 Å². The van der Waals surface area contributed by atoms with Crippen molar-refractivity contribution in [3.05, 3.63) is 58.6 Å². The number of nitrogens with two attached hydrogens (primary N) is 1. The van der Waals surface area contributed by atoms with E-state index in [4.69, 9.17) is 5.73 Å². The highest BCUT2D eigenvalue weighted by atomic mass is 79.9. The molecule has 0 spiro atoms. The number of hydrogen-bond acceptors (Lipinski definition) is 4. The van der Waals surface area contributed by atoms with Gasteiger partial charge in [-0.05, 0) is 29.0 Å². The van der Waals surface area contributed by atoms with Crippen molar-refractivity contribution in [2.45, 2.75) is 6.54 Å². The molecule has 2 N–H and O–H groups in total. The molecule has 0 radical (unpaired) electrons. The lowest BCUT2D eigenvalue weighted by molar-refractivity contribution is 0.573. The van der Waals surface area contributed by atoms with E-state index in [0.717, 1.165) is 15.6 Å². The molecule has 6 heteroatoms. The van der Waals surface area contributed by atoms with Gasteiger partial charge in [-0.15, -0.1) is 10.2 Å². The van der Waals surface area contributed by atoms with E-state index in [-0.39, 0.29) is 0 Å². The van der Waals surface area contributed by atoms with Gasteiger partial charge in [-0.2, -0.15) is 4.80 Å². The summed E-state index contributed by atoms with van der Waals surface area (Å²) in [5.74, 6) is 0.619. The van der Waals surface area contributed by atoms with E-state index in [2.05, 4.69) is 31.3 Å². The van der Waals surface area contributed by atoms with Crippen LogP contribution in [0.3, 0.4) is 0 Å². The first-order valence-electron chi connectivity index (χ1n) is 6.09. The molecule has 1 heterocycles. The number of hydrogen-bond donors (Lipinski definition) is 1. The van der Waals surface area contributed by atoms with Gasteiger partial charge in [-0.1, -0.05) is 46.3 Å². The SMILES string of the molecule is Nc1cc(Br)cc(Cn2nnc(-c3ccccc3)n2)c1. The van der Waals surface area contributed by atoms with Crippen LogP contribution in [-0.4, -0.2) is 20.2 Å². The van der Waals surface area contributed by atoms with E-state index < -0.39 is 0 Å². The van der Waals surface area contributed by atoms with Crippen LogP contribution in [0.25, 0.3) is 11.4 Å². The molecular formula is C14H12BrN5. The first kappa shape index (κ1) is 12.8. The van der Waals surface area contributed by atoms with E-state index in [0.29, 0.717) is 18.1 Å². The molecule has 0 aliphatic rings. The zero-order valence-electron chi connectivity index (χ0n) is 10.6. The maximum absolute atomic E-state index is 5.81. The Bertz CT molecular complexity index is 703. The van der Waals surface area contributed by atoms with Gasteiger partial charge in [-0.3, -0.25) is 0 Å². The normalized spacial score (nSPS) is 10.7. The minimum Gasteiger partial charge on any atom is -0.399 e. The first-order chi connectivity index (χ1) is 9.70. The van der Waals surface area contributed by atoms with Crippen molar-refractivity contribution in [3.8, 4) is 11.4 Å². The molecule has 0 aliphatic heterocycles. The molecule has 0 amide bonds. The Morgan fingerprint density at radius 3 is 2.65 bits per heavy atom. The molecule has 0 aliphatic carbocycles. The fourth-order valence-electron chi connectivity index (χ4n) is 1.94. The largest absolute Gasteiger partial charge is 0.399 e. The van der Waals surface area contributed by atoms with Crippen molar-refractivity contribution in [2.75, 3.05) is 5.73 Å². The third-order valence-electron chi connectivity index (χ3n) is 2.79. The summed E-state index contributed by atoms with van der Waals surface area (Å²) < 4.78 is 0.941. The van der Waals surface area contributed by atoms with Crippen LogP contribution < -0.4 is 5.73 Å². The fourth-order valence-corrected chi connectivity index (χ4v) is 2.50. The minimum absolute atomic E-state index is 0.531. The van der Waals surface area contributed by atoms with Crippen LogP contribution in [-0.2, 0) is 6.54 Å². The number of anilines is 1. The standard InChI is InChI=1S/C14H12BrN5/c15-12-6-10(7-13(16)8-12)9-20-18-14(17-19-20)11-4-2-1-3-5-11/h1-8H,9,16H2. The maximum atomic E-state index is 5.81. The van der Waals surface area contributed by atoms with E-state index in [1.54, 1.807) is 4.80 Å². The predicted molar refractivity (Wildman–Crippen MR) is 80.9 cm³/mol. The summed E-state index contributed by atoms with van der Waals surface area (Å²) in [6, 6.07) is 15.5. The monoisotopic (exact) mass is 329 g/mol. The summed E-state index contributed by atoms with van der Waals surface area (Å²) in [4.78, 5) is 1.56. The molecule has 5 nitrogen and oxygen atoms in total. The number of nitrogens with zero attached hydrogens (tertiary/aromatic N) is 4. The molecule has 20 heavy (non-hydrogen) atoms. The average Bonchev–Trinajstić information content (AvgIpc) is 2.87. The Labute approximate surface area is 124 Å². The molecule has 0 fully saturated rings. The number of nitrogen functional groups attached to an aromatic ring is 1. The molecular weight excluding hydrogens is 318 g/mol. The Balaban J connectivity index is 1.84. The minimum atomic E-state index is 0.531. The van der Waals surface area contributed by atoms with E-state index in [9.17, 15) is 0 Å². The van der Waals surface area contributed by atoms with Gasteiger partial charge in [0.25, 0.3) is 0 Å². The van der Waals surface area contributed by atoms with Crippen LogP contribution >= 0.6 is 15.9 Å². The van der Waals surface area contributed by atoms with E-state index >= 15 is 0 Å². The molecule has 0 atom stereocenters. The van der Waals surface area contributed by atoms with Gasteiger partial charge < -0.3 is 5.73 Å². The molecule has 0 saturated carbocycles. The highest BCUT2D eigenvalue weighted by Gasteiger charge is 2.06. The number of benzene rings is 2. The third-order valence-corrected chi connectivity index (χ3v) is 3.25. The fraction of sp³-hybridized carbons (Fsp3) is 0.0714. The van der Waals surface area contributed by atoms with Crippen LogP contribution in [0, 0.1) is 0 Å². The van der Waals surface area contributed by atoms with Crippen molar-refractivity contribution in [1.82, 2.24) is 20.2 Å². The molecule has 0 saturated heterocycles. The number of aromatic nitrogens is 4.